The minimum absolute atomic E-state index is 0.548. The van der Waals surface area contributed by atoms with Crippen molar-refractivity contribution in [2.75, 3.05) is 12.3 Å². The molecule has 84 valence electrons. The number of nitrogens with two attached hydrogens (primary N) is 1. The lowest BCUT2D eigenvalue weighted by Gasteiger charge is -2.06. The van der Waals surface area contributed by atoms with Crippen LogP contribution in [0.5, 0.6) is 5.75 Å². The van der Waals surface area contributed by atoms with Crippen LogP contribution in [0, 0.1) is 0 Å². The van der Waals surface area contributed by atoms with Crippen molar-refractivity contribution in [3.05, 3.63) is 30.5 Å². The van der Waals surface area contributed by atoms with E-state index in [1.54, 1.807) is 6.20 Å². The number of rotatable bonds is 4. The van der Waals surface area contributed by atoms with E-state index in [0.717, 1.165) is 36.0 Å². The van der Waals surface area contributed by atoms with Crippen molar-refractivity contribution >= 4 is 16.6 Å². The molecule has 0 aliphatic heterocycles. The number of hydrogen-bond acceptors (Lipinski definition) is 3. The van der Waals surface area contributed by atoms with E-state index in [1.807, 2.05) is 24.3 Å². The second kappa shape index (κ2) is 4.84. The van der Waals surface area contributed by atoms with Crippen LogP contribution in [0.1, 0.15) is 19.8 Å². The number of fused-ring (bicyclic) bond motifs is 1. The summed E-state index contributed by atoms with van der Waals surface area (Å²) in [5, 5.41) is 2.15. The van der Waals surface area contributed by atoms with E-state index in [1.165, 1.54) is 0 Å². The molecule has 0 saturated carbocycles. The van der Waals surface area contributed by atoms with E-state index in [0.29, 0.717) is 5.82 Å². The van der Waals surface area contributed by atoms with Gasteiger partial charge in [-0.15, -0.1) is 0 Å². The average Bonchev–Trinajstić information content (AvgIpc) is 2.29. The molecule has 0 atom stereocenters. The molecule has 0 amide bonds. The van der Waals surface area contributed by atoms with Crippen molar-refractivity contribution < 1.29 is 4.74 Å². The van der Waals surface area contributed by atoms with Gasteiger partial charge < -0.3 is 10.5 Å². The van der Waals surface area contributed by atoms with Gasteiger partial charge in [0.1, 0.15) is 11.6 Å². The Labute approximate surface area is 95.2 Å². The normalized spacial score (nSPS) is 10.6. The monoisotopic (exact) mass is 216 g/mol. The number of nitrogen functional groups attached to an aromatic ring is 1. The van der Waals surface area contributed by atoms with Crippen LogP contribution in [0.2, 0.25) is 0 Å². The van der Waals surface area contributed by atoms with E-state index in [-0.39, 0.29) is 0 Å². The van der Waals surface area contributed by atoms with Gasteiger partial charge in [0.15, 0.2) is 0 Å². The summed E-state index contributed by atoms with van der Waals surface area (Å²) in [7, 11) is 0. The predicted molar refractivity (Wildman–Crippen MR) is 66.6 cm³/mol. The van der Waals surface area contributed by atoms with Crippen LogP contribution in [0.3, 0.4) is 0 Å². The first-order valence-electron chi connectivity index (χ1n) is 5.57. The molecule has 3 nitrogen and oxygen atoms in total. The van der Waals surface area contributed by atoms with Gasteiger partial charge in [0.05, 0.1) is 6.61 Å². The quantitative estimate of drug-likeness (QED) is 0.799. The Hall–Kier alpha value is -1.77. The fourth-order valence-corrected chi connectivity index (χ4v) is 1.56. The lowest BCUT2D eigenvalue weighted by atomic mass is 10.1. The Morgan fingerprint density at radius 2 is 2.12 bits per heavy atom. The van der Waals surface area contributed by atoms with E-state index < -0.39 is 0 Å². The third-order valence-electron chi connectivity index (χ3n) is 2.48. The summed E-state index contributed by atoms with van der Waals surface area (Å²) in [4.78, 5) is 4.07. The molecule has 3 heteroatoms. The molecule has 1 aromatic heterocycles. The van der Waals surface area contributed by atoms with Crippen LogP contribution in [0.4, 0.5) is 5.82 Å². The Bertz CT molecular complexity index is 482. The molecule has 2 aromatic rings. The number of unbranched alkanes of at least 4 members (excludes halogenated alkanes) is 1. The Balaban J connectivity index is 2.20. The van der Waals surface area contributed by atoms with Gasteiger partial charge in [0, 0.05) is 11.6 Å². The number of aromatic nitrogens is 1. The third kappa shape index (κ3) is 2.42. The molecular formula is C13H16N2O. The first-order valence-corrected chi connectivity index (χ1v) is 5.57. The maximum atomic E-state index is 5.63. The molecule has 2 N–H and O–H groups in total. The van der Waals surface area contributed by atoms with Gasteiger partial charge in [-0.1, -0.05) is 19.4 Å². The Morgan fingerprint density at radius 3 is 2.94 bits per heavy atom. The molecule has 0 radical (unpaired) electrons. The minimum atomic E-state index is 0.548. The zero-order chi connectivity index (χ0) is 11.4. The molecule has 16 heavy (non-hydrogen) atoms. The molecule has 2 rings (SSSR count). The average molecular weight is 216 g/mol. The van der Waals surface area contributed by atoms with Gasteiger partial charge in [0.2, 0.25) is 0 Å². The van der Waals surface area contributed by atoms with Gasteiger partial charge in [-0.3, -0.25) is 0 Å². The third-order valence-corrected chi connectivity index (χ3v) is 2.48. The van der Waals surface area contributed by atoms with Gasteiger partial charge in [-0.25, -0.2) is 4.98 Å². The lowest BCUT2D eigenvalue weighted by molar-refractivity contribution is 0.310. The standard InChI is InChI=1S/C13H16N2O/c1-2-3-6-16-12-5-4-10-8-13(14)15-9-11(10)7-12/h4-5,7-9H,2-3,6H2,1H3,(H2,14,15). The fourth-order valence-electron chi connectivity index (χ4n) is 1.56. The fraction of sp³-hybridized carbons (Fsp3) is 0.308. The van der Waals surface area contributed by atoms with Gasteiger partial charge >= 0.3 is 0 Å². The Morgan fingerprint density at radius 1 is 1.25 bits per heavy atom. The summed E-state index contributed by atoms with van der Waals surface area (Å²) in [5.74, 6) is 1.44. The number of ether oxygens (including phenoxy) is 1. The Kier molecular flexibility index (Phi) is 3.25. The zero-order valence-electron chi connectivity index (χ0n) is 9.44. The molecule has 0 fully saturated rings. The molecule has 1 aromatic carbocycles. The number of hydrogen-bond donors (Lipinski definition) is 1. The van der Waals surface area contributed by atoms with Gasteiger partial charge in [0.25, 0.3) is 0 Å². The maximum absolute atomic E-state index is 5.63. The molecule has 0 aliphatic rings. The zero-order valence-corrected chi connectivity index (χ0v) is 9.44. The van der Waals surface area contributed by atoms with Gasteiger partial charge in [-0.2, -0.15) is 0 Å². The second-order valence-electron chi connectivity index (χ2n) is 3.82. The number of pyridine rings is 1. The molecule has 0 unspecified atom stereocenters. The van der Waals surface area contributed by atoms with Crippen LogP contribution >= 0.6 is 0 Å². The molecule has 1 heterocycles. The summed E-state index contributed by atoms with van der Waals surface area (Å²) in [6.45, 7) is 2.92. The van der Waals surface area contributed by atoms with E-state index in [9.17, 15) is 0 Å². The van der Waals surface area contributed by atoms with Crippen molar-refractivity contribution in [1.82, 2.24) is 4.98 Å². The topological polar surface area (TPSA) is 48.1 Å². The lowest BCUT2D eigenvalue weighted by Crippen LogP contribution is -1.96. The molecule has 0 aliphatic carbocycles. The van der Waals surface area contributed by atoms with E-state index in [2.05, 4.69) is 11.9 Å². The number of nitrogens with zero attached hydrogens (tertiary/aromatic N) is 1. The van der Waals surface area contributed by atoms with E-state index >= 15 is 0 Å². The van der Waals surface area contributed by atoms with Crippen molar-refractivity contribution in [3.8, 4) is 5.75 Å². The predicted octanol–water partition coefficient (Wildman–Crippen LogP) is 3.00. The summed E-state index contributed by atoms with van der Waals surface area (Å²) in [6, 6.07) is 7.84. The van der Waals surface area contributed by atoms with Crippen molar-refractivity contribution in [1.29, 1.82) is 0 Å². The van der Waals surface area contributed by atoms with Crippen LogP contribution in [-0.4, -0.2) is 11.6 Å². The first-order chi connectivity index (χ1) is 7.79. The number of benzene rings is 1. The highest BCUT2D eigenvalue weighted by Gasteiger charge is 1.98. The SMILES string of the molecule is CCCCOc1ccc2cc(N)ncc2c1. The highest BCUT2D eigenvalue weighted by atomic mass is 16.5. The number of anilines is 1. The van der Waals surface area contributed by atoms with Crippen molar-refractivity contribution in [2.24, 2.45) is 0 Å². The highest BCUT2D eigenvalue weighted by molar-refractivity contribution is 5.84. The largest absolute Gasteiger partial charge is 0.494 e. The maximum Gasteiger partial charge on any atom is 0.123 e. The summed E-state index contributed by atoms with van der Waals surface area (Å²) in [5.41, 5.74) is 5.62. The molecule has 0 bridgehead atoms. The van der Waals surface area contributed by atoms with Crippen molar-refractivity contribution in [3.63, 3.8) is 0 Å². The van der Waals surface area contributed by atoms with Gasteiger partial charge in [-0.05, 0) is 30.0 Å². The highest BCUT2D eigenvalue weighted by Crippen LogP contribution is 2.21. The molecule has 0 saturated heterocycles. The molecular weight excluding hydrogens is 200 g/mol. The summed E-state index contributed by atoms with van der Waals surface area (Å²) in [6.07, 6.45) is 4.00. The van der Waals surface area contributed by atoms with Crippen LogP contribution < -0.4 is 10.5 Å². The van der Waals surface area contributed by atoms with E-state index in [4.69, 9.17) is 10.5 Å². The van der Waals surface area contributed by atoms with Crippen LogP contribution in [-0.2, 0) is 0 Å². The van der Waals surface area contributed by atoms with Crippen molar-refractivity contribution in [2.45, 2.75) is 19.8 Å². The van der Waals surface area contributed by atoms with Crippen LogP contribution in [0.25, 0.3) is 10.8 Å². The van der Waals surface area contributed by atoms with Crippen LogP contribution in [0.15, 0.2) is 30.5 Å². The summed E-state index contributed by atoms with van der Waals surface area (Å²) >= 11 is 0. The first kappa shape index (κ1) is 10.7. The smallest absolute Gasteiger partial charge is 0.123 e. The summed E-state index contributed by atoms with van der Waals surface area (Å²) < 4.78 is 5.63. The second-order valence-corrected chi connectivity index (χ2v) is 3.82. The minimum Gasteiger partial charge on any atom is -0.494 e. The molecule has 0 spiro atoms.